The van der Waals surface area contributed by atoms with Gasteiger partial charge in [0.25, 0.3) is 0 Å². The van der Waals surface area contributed by atoms with Gasteiger partial charge in [0.15, 0.2) is 5.78 Å². The number of hydrogen-bond acceptors (Lipinski definition) is 2. The van der Waals surface area contributed by atoms with Gasteiger partial charge in [-0.05, 0) is 6.07 Å². The van der Waals surface area contributed by atoms with E-state index >= 15 is 0 Å². The molecular weight excluding hydrogens is 242 g/mol. The van der Waals surface area contributed by atoms with E-state index < -0.39 is 5.97 Å². The van der Waals surface area contributed by atoms with Gasteiger partial charge in [0.1, 0.15) is 0 Å². The minimum Gasteiger partial charge on any atom is -0.481 e. The maximum Gasteiger partial charge on any atom is 0.303 e. The number of ketones is 1. The number of carboxylic acids is 1. The van der Waals surface area contributed by atoms with Crippen molar-refractivity contribution in [2.24, 2.45) is 0 Å². The number of halogens is 1. The first-order valence-electron chi connectivity index (χ1n) is 5.10. The predicted molar refractivity (Wildman–Crippen MR) is 64.5 cm³/mol. The molecule has 0 amide bonds. The summed E-state index contributed by atoms with van der Waals surface area (Å²) in [5, 5.41) is 9.81. The van der Waals surface area contributed by atoms with E-state index in [9.17, 15) is 9.59 Å². The minimum absolute atomic E-state index is 0.00516. The number of Topliss-reactive ketones (excluding diaryl/α,β-unsaturated/α-hetero) is 1. The average Bonchev–Trinajstić information content (AvgIpc) is 2.71. The molecule has 17 heavy (non-hydrogen) atoms. The lowest BCUT2D eigenvalue weighted by Gasteiger charge is -1.97. The third-order valence-electron chi connectivity index (χ3n) is 2.53. The van der Waals surface area contributed by atoms with Crippen LogP contribution in [-0.4, -0.2) is 21.8 Å². The highest BCUT2D eigenvalue weighted by Gasteiger charge is 2.14. The Balaban J connectivity index is 2.33. The molecule has 0 aliphatic rings. The highest BCUT2D eigenvalue weighted by molar-refractivity contribution is 6.35. The van der Waals surface area contributed by atoms with E-state index in [1.54, 1.807) is 24.4 Å². The molecule has 0 spiro atoms. The van der Waals surface area contributed by atoms with Gasteiger partial charge >= 0.3 is 5.97 Å². The Morgan fingerprint density at radius 1 is 1.29 bits per heavy atom. The van der Waals surface area contributed by atoms with Crippen LogP contribution in [-0.2, 0) is 4.79 Å². The average molecular weight is 252 g/mol. The number of fused-ring (bicyclic) bond motifs is 1. The van der Waals surface area contributed by atoms with Crippen LogP contribution in [0.25, 0.3) is 10.9 Å². The fourth-order valence-corrected chi connectivity index (χ4v) is 1.93. The second-order valence-electron chi connectivity index (χ2n) is 3.68. The van der Waals surface area contributed by atoms with Crippen LogP contribution in [0.5, 0.6) is 0 Å². The number of aromatic amines is 1. The molecule has 4 nitrogen and oxygen atoms in total. The fourth-order valence-electron chi connectivity index (χ4n) is 1.70. The van der Waals surface area contributed by atoms with Crippen molar-refractivity contribution in [2.75, 3.05) is 0 Å². The van der Waals surface area contributed by atoms with Crippen LogP contribution in [0.1, 0.15) is 23.2 Å². The van der Waals surface area contributed by atoms with Gasteiger partial charge in [0.05, 0.1) is 17.0 Å². The smallest absolute Gasteiger partial charge is 0.303 e. The summed E-state index contributed by atoms with van der Waals surface area (Å²) < 4.78 is 0. The van der Waals surface area contributed by atoms with Crippen molar-refractivity contribution in [1.29, 1.82) is 0 Å². The molecule has 0 radical (unpaired) electrons. The summed E-state index contributed by atoms with van der Waals surface area (Å²) in [6, 6.07) is 5.27. The number of carbonyl (C=O) groups is 2. The first-order valence-corrected chi connectivity index (χ1v) is 5.48. The highest BCUT2D eigenvalue weighted by atomic mass is 35.5. The first-order chi connectivity index (χ1) is 8.09. The van der Waals surface area contributed by atoms with E-state index in [1.807, 2.05) is 0 Å². The quantitative estimate of drug-likeness (QED) is 0.821. The number of H-pyrrole nitrogens is 1. The summed E-state index contributed by atoms with van der Waals surface area (Å²) in [5.41, 5.74) is 1.19. The molecule has 1 aromatic carbocycles. The first kappa shape index (κ1) is 11.7. The summed E-state index contributed by atoms with van der Waals surface area (Å²) in [6.07, 6.45) is 1.40. The number of hydrogen-bond donors (Lipinski definition) is 2. The Bertz CT molecular complexity index is 588. The summed E-state index contributed by atoms with van der Waals surface area (Å²) in [7, 11) is 0. The zero-order valence-electron chi connectivity index (χ0n) is 8.87. The molecule has 2 N–H and O–H groups in total. The standard InChI is InChI=1S/C12H10ClNO3/c13-9-3-1-2-7-8(6-14-12(7)9)10(15)4-5-11(16)17/h1-3,6,14H,4-5H2,(H,16,17). The van der Waals surface area contributed by atoms with Gasteiger partial charge in [0.2, 0.25) is 0 Å². The zero-order valence-corrected chi connectivity index (χ0v) is 9.62. The molecule has 1 aromatic heterocycles. The van der Waals surface area contributed by atoms with E-state index in [2.05, 4.69) is 4.98 Å². The largest absolute Gasteiger partial charge is 0.481 e. The van der Waals surface area contributed by atoms with Crippen molar-refractivity contribution in [2.45, 2.75) is 12.8 Å². The number of nitrogens with one attached hydrogen (secondary N) is 1. The second-order valence-corrected chi connectivity index (χ2v) is 4.09. The topological polar surface area (TPSA) is 70.2 Å². The fraction of sp³-hybridized carbons (Fsp3) is 0.167. The molecule has 0 saturated heterocycles. The van der Waals surface area contributed by atoms with Gasteiger partial charge in [-0.1, -0.05) is 23.7 Å². The molecule has 0 atom stereocenters. The summed E-state index contributed by atoms with van der Waals surface area (Å²) in [6.45, 7) is 0. The van der Waals surface area contributed by atoms with Crippen LogP contribution in [0, 0.1) is 0 Å². The maximum atomic E-state index is 11.8. The molecule has 0 saturated carbocycles. The van der Waals surface area contributed by atoms with Crippen molar-refractivity contribution in [3.8, 4) is 0 Å². The molecule has 0 fully saturated rings. The highest BCUT2D eigenvalue weighted by Crippen LogP contribution is 2.26. The number of aliphatic carboxylic acids is 1. The van der Waals surface area contributed by atoms with Crippen LogP contribution in [0.4, 0.5) is 0 Å². The SMILES string of the molecule is O=C(O)CCC(=O)c1c[nH]c2c(Cl)cccc12. The van der Waals surface area contributed by atoms with Crippen molar-refractivity contribution in [3.05, 3.63) is 35.0 Å². The van der Waals surface area contributed by atoms with Crippen LogP contribution in [0.3, 0.4) is 0 Å². The van der Waals surface area contributed by atoms with Gasteiger partial charge in [-0.25, -0.2) is 0 Å². The van der Waals surface area contributed by atoms with Crippen molar-refractivity contribution in [1.82, 2.24) is 4.98 Å². The lowest BCUT2D eigenvalue weighted by atomic mass is 10.1. The van der Waals surface area contributed by atoms with Crippen LogP contribution in [0.15, 0.2) is 24.4 Å². The summed E-state index contributed by atoms with van der Waals surface area (Å²) in [5.74, 6) is -1.17. The molecule has 5 heteroatoms. The Labute approximate surface area is 102 Å². The molecule has 2 aromatic rings. The summed E-state index contributed by atoms with van der Waals surface area (Å²) in [4.78, 5) is 25.1. The molecular formula is C12H10ClNO3. The Kier molecular flexibility index (Phi) is 3.15. The van der Waals surface area contributed by atoms with Crippen molar-refractivity contribution in [3.63, 3.8) is 0 Å². The number of para-hydroxylation sites is 1. The van der Waals surface area contributed by atoms with E-state index in [0.717, 1.165) is 5.39 Å². The number of aromatic nitrogens is 1. The molecule has 0 bridgehead atoms. The van der Waals surface area contributed by atoms with Gasteiger partial charge < -0.3 is 10.1 Å². The normalized spacial score (nSPS) is 10.6. The maximum absolute atomic E-state index is 11.8. The second kappa shape index (κ2) is 4.59. The Hall–Kier alpha value is -1.81. The van der Waals surface area contributed by atoms with E-state index in [-0.39, 0.29) is 18.6 Å². The number of carbonyl (C=O) groups excluding carboxylic acids is 1. The molecule has 0 aliphatic heterocycles. The van der Waals surface area contributed by atoms with Crippen molar-refractivity contribution < 1.29 is 14.7 Å². The Morgan fingerprint density at radius 2 is 2.06 bits per heavy atom. The van der Waals surface area contributed by atoms with Gasteiger partial charge in [-0.3, -0.25) is 9.59 Å². The van der Waals surface area contributed by atoms with Gasteiger partial charge in [-0.15, -0.1) is 0 Å². The van der Waals surface area contributed by atoms with E-state index in [0.29, 0.717) is 16.1 Å². The van der Waals surface area contributed by atoms with E-state index in [1.165, 1.54) is 0 Å². The van der Waals surface area contributed by atoms with Gasteiger partial charge in [0, 0.05) is 23.6 Å². The third kappa shape index (κ3) is 2.31. The molecule has 0 aliphatic carbocycles. The molecule has 1 heterocycles. The van der Waals surface area contributed by atoms with Crippen LogP contribution in [0.2, 0.25) is 5.02 Å². The lowest BCUT2D eigenvalue weighted by Crippen LogP contribution is -2.03. The molecule has 0 unspecified atom stereocenters. The van der Waals surface area contributed by atoms with Gasteiger partial charge in [-0.2, -0.15) is 0 Å². The number of rotatable bonds is 4. The third-order valence-corrected chi connectivity index (χ3v) is 2.85. The number of benzene rings is 1. The molecule has 2 rings (SSSR count). The number of carboxylic acid groups (broad SMARTS) is 1. The Morgan fingerprint density at radius 3 is 2.76 bits per heavy atom. The minimum atomic E-state index is -0.976. The predicted octanol–water partition coefficient (Wildman–Crippen LogP) is 2.87. The van der Waals surface area contributed by atoms with Crippen LogP contribution < -0.4 is 0 Å². The summed E-state index contributed by atoms with van der Waals surface area (Å²) >= 11 is 5.97. The van der Waals surface area contributed by atoms with Crippen LogP contribution >= 0.6 is 11.6 Å². The molecule has 88 valence electrons. The van der Waals surface area contributed by atoms with E-state index in [4.69, 9.17) is 16.7 Å². The van der Waals surface area contributed by atoms with Crippen molar-refractivity contribution >= 4 is 34.3 Å². The zero-order chi connectivity index (χ0) is 12.4. The monoisotopic (exact) mass is 251 g/mol. The lowest BCUT2D eigenvalue weighted by molar-refractivity contribution is -0.136.